The van der Waals surface area contributed by atoms with Gasteiger partial charge in [0.15, 0.2) is 0 Å². The summed E-state index contributed by atoms with van der Waals surface area (Å²) in [5.41, 5.74) is 2.80. The van der Waals surface area contributed by atoms with E-state index in [0.29, 0.717) is 0 Å². The van der Waals surface area contributed by atoms with E-state index in [1.54, 1.807) is 13.8 Å². The molecule has 0 atom stereocenters. The summed E-state index contributed by atoms with van der Waals surface area (Å²) in [5, 5.41) is 13.9. The van der Waals surface area contributed by atoms with Gasteiger partial charge in [-0.3, -0.25) is 0 Å². The molecule has 0 aromatic heterocycles. The molecule has 4 nitrogen and oxygen atoms in total. The maximum Gasteiger partial charge on any atom is 0.428 e. The topological polar surface area (TPSA) is 52.9 Å². The van der Waals surface area contributed by atoms with Crippen molar-refractivity contribution in [3.05, 3.63) is 35.4 Å². The van der Waals surface area contributed by atoms with Crippen LogP contribution in [-0.2, 0) is 6.54 Å². The highest BCUT2D eigenvalue weighted by Gasteiger charge is 2.10. The lowest BCUT2D eigenvalue weighted by Gasteiger charge is -2.14. The third kappa shape index (κ3) is 3.73. The number of nitrogens with zero attached hydrogens (tertiary/aromatic N) is 2. The number of rotatable bonds is 3. The van der Waals surface area contributed by atoms with Gasteiger partial charge in [-0.1, -0.05) is 29.8 Å². The van der Waals surface area contributed by atoms with E-state index in [4.69, 9.17) is 5.11 Å². The van der Waals surface area contributed by atoms with Crippen LogP contribution < -0.4 is 0 Å². The van der Waals surface area contributed by atoms with Crippen LogP contribution in [0, 0.1) is 6.92 Å². The van der Waals surface area contributed by atoms with Gasteiger partial charge in [0.1, 0.15) is 0 Å². The lowest BCUT2D eigenvalue weighted by atomic mass is 10.1. The third-order valence-electron chi connectivity index (χ3n) is 1.99. The molecule has 0 aliphatic carbocycles. The van der Waals surface area contributed by atoms with Gasteiger partial charge in [0.05, 0.1) is 6.54 Å². The molecule has 0 fully saturated rings. The molecular formula is C12H16N2O2. The number of hydrogen-bond acceptors (Lipinski definition) is 2. The van der Waals surface area contributed by atoms with E-state index in [0.717, 1.165) is 21.8 Å². The van der Waals surface area contributed by atoms with Crippen molar-refractivity contribution in [2.45, 2.75) is 27.3 Å². The summed E-state index contributed by atoms with van der Waals surface area (Å²) in [4.78, 5) is 10.9. The van der Waals surface area contributed by atoms with Crippen LogP contribution in [0.3, 0.4) is 0 Å². The van der Waals surface area contributed by atoms with Crippen molar-refractivity contribution in [1.82, 2.24) is 5.01 Å². The van der Waals surface area contributed by atoms with Crippen molar-refractivity contribution in [1.29, 1.82) is 0 Å². The lowest BCUT2D eigenvalue weighted by molar-refractivity contribution is 0.144. The normalized spacial score (nSPS) is 9.69. The first-order valence-corrected chi connectivity index (χ1v) is 5.07. The average Bonchev–Trinajstić information content (AvgIpc) is 2.19. The van der Waals surface area contributed by atoms with E-state index >= 15 is 0 Å². The van der Waals surface area contributed by atoms with Gasteiger partial charge in [-0.15, -0.1) is 0 Å². The summed E-state index contributed by atoms with van der Waals surface area (Å²) in [6, 6.07) is 7.73. The van der Waals surface area contributed by atoms with Crippen LogP contribution >= 0.6 is 0 Å². The second-order valence-electron chi connectivity index (χ2n) is 3.87. The number of carboxylic acid groups (broad SMARTS) is 1. The predicted molar refractivity (Wildman–Crippen MR) is 63.5 cm³/mol. The Morgan fingerprint density at radius 1 is 1.31 bits per heavy atom. The molecule has 4 heteroatoms. The van der Waals surface area contributed by atoms with E-state index in [2.05, 4.69) is 5.10 Å². The molecule has 0 unspecified atom stereocenters. The van der Waals surface area contributed by atoms with Crippen molar-refractivity contribution in [3.8, 4) is 0 Å². The average molecular weight is 220 g/mol. The highest BCUT2D eigenvalue weighted by atomic mass is 16.4. The molecule has 0 spiro atoms. The Labute approximate surface area is 95.2 Å². The van der Waals surface area contributed by atoms with Gasteiger partial charge in [-0.05, 0) is 26.3 Å². The fraction of sp³-hybridized carbons (Fsp3) is 0.333. The minimum absolute atomic E-state index is 0.279. The first-order chi connectivity index (χ1) is 7.49. The number of aryl methyl sites for hydroxylation is 1. The van der Waals surface area contributed by atoms with Crippen LogP contribution in [0.1, 0.15) is 25.0 Å². The highest BCUT2D eigenvalue weighted by molar-refractivity contribution is 5.80. The Hall–Kier alpha value is -1.84. The number of hydrazone groups is 1. The molecule has 16 heavy (non-hydrogen) atoms. The SMILES string of the molecule is CC(C)=NN(Cc1ccc(C)cc1)C(=O)O. The quantitative estimate of drug-likeness (QED) is 0.629. The van der Waals surface area contributed by atoms with Gasteiger partial charge in [-0.2, -0.15) is 10.1 Å². The zero-order valence-corrected chi connectivity index (χ0v) is 9.77. The molecule has 1 amide bonds. The minimum atomic E-state index is -1.04. The standard InChI is InChI=1S/C12H16N2O2/c1-9(2)13-14(12(15)16)8-11-6-4-10(3)5-7-11/h4-7H,8H2,1-3H3,(H,15,16). The van der Waals surface area contributed by atoms with Crippen LogP contribution in [0.2, 0.25) is 0 Å². The van der Waals surface area contributed by atoms with E-state index in [1.807, 2.05) is 31.2 Å². The number of amides is 1. The van der Waals surface area contributed by atoms with E-state index in [-0.39, 0.29) is 6.54 Å². The van der Waals surface area contributed by atoms with Crippen LogP contribution in [0.5, 0.6) is 0 Å². The summed E-state index contributed by atoms with van der Waals surface area (Å²) < 4.78 is 0. The molecule has 0 aliphatic rings. The molecule has 0 heterocycles. The van der Waals surface area contributed by atoms with Gasteiger partial charge in [0.2, 0.25) is 0 Å². The molecule has 0 bridgehead atoms. The van der Waals surface area contributed by atoms with E-state index in [1.165, 1.54) is 0 Å². The highest BCUT2D eigenvalue weighted by Crippen LogP contribution is 2.07. The lowest BCUT2D eigenvalue weighted by Crippen LogP contribution is -2.24. The Balaban J connectivity index is 2.80. The molecular weight excluding hydrogens is 204 g/mol. The van der Waals surface area contributed by atoms with Crippen molar-refractivity contribution in [3.63, 3.8) is 0 Å². The Bertz CT molecular complexity index is 392. The molecule has 1 aromatic rings. The Morgan fingerprint density at radius 3 is 2.31 bits per heavy atom. The van der Waals surface area contributed by atoms with E-state index < -0.39 is 6.09 Å². The summed E-state index contributed by atoms with van der Waals surface area (Å²) >= 11 is 0. The van der Waals surface area contributed by atoms with Crippen molar-refractivity contribution in [2.24, 2.45) is 5.10 Å². The third-order valence-corrected chi connectivity index (χ3v) is 1.99. The van der Waals surface area contributed by atoms with Crippen molar-refractivity contribution >= 4 is 11.8 Å². The van der Waals surface area contributed by atoms with Gasteiger partial charge in [0, 0.05) is 5.71 Å². The summed E-state index contributed by atoms with van der Waals surface area (Å²) in [7, 11) is 0. The van der Waals surface area contributed by atoms with Crippen molar-refractivity contribution in [2.75, 3.05) is 0 Å². The Kier molecular flexibility index (Phi) is 4.05. The predicted octanol–water partition coefficient (Wildman–Crippen LogP) is 2.87. The summed E-state index contributed by atoms with van der Waals surface area (Å²) in [5.74, 6) is 0. The van der Waals surface area contributed by atoms with Crippen molar-refractivity contribution < 1.29 is 9.90 Å². The van der Waals surface area contributed by atoms with E-state index in [9.17, 15) is 4.79 Å². The van der Waals surface area contributed by atoms with Gasteiger partial charge in [0.25, 0.3) is 0 Å². The fourth-order valence-electron chi connectivity index (χ4n) is 1.25. The molecule has 1 rings (SSSR count). The molecule has 1 aromatic carbocycles. The van der Waals surface area contributed by atoms with Gasteiger partial charge >= 0.3 is 6.09 Å². The number of hydrogen-bond donors (Lipinski definition) is 1. The molecule has 0 radical (unpaired) electrons. The number of benzene rings is 1. The molecule has 1 N–H and O–H groups in total. The van der Waals surface area contributed by atoms with Crippen LogP contribution in [-0.4, -0.2) is 21.9 Å². The first-order valence-electron chi connectivity index (χ1n) is 5.07. The summed E-state index contributed by atoms with van der Waals surface area (Å²) in [6.07, 6.45) is -1.04. The molecule has 0 saturated heterocycles. The van der Waals surface area contributed by atoms with Crippen LogP contribution in [0.4, 0.5) is 4.79 Å². The maximum absolute atomic E-state index is 10.9. The maximum atomic E-state index is 10.9. The van der Waals surface area contributed by atoms with Crippen LogP contribution in [0.25, 0.3) is 0 Å². The zero-order chi connectivity index (χ0) is 12.1. The second kappa shape index (κ2) is 5.30. The smallest absolute Gasteiger partial charge is 0.428 e. The Morgan fingerprint density at radius 2 is 1.88 bits per heavy atom. The van der Waals surface area contributed by atoms with Gasteiger partial charge in [-0.25, -0.2) is 4.79 Å². The van der Waals surface area contributed by atoms with Crippen LogP contribution in [0.15, 0.2) is 29.4 Å². The fourth-order valence-corrected chi connectivity index (χ4v) is 1.25. The largest absolute Gasteiger partial charge is 0.464 e. The van der Waals surface area contributed by atoms with Gasteiger partial charge < -0.3 is 5.11 Å². The minimum Gasteiger partial charge on any atom is -0.464 e. The first kappa shape index (κ1) is 12.2. The summed E-state index contributed by atoms with van der Waals surface area (Å²) in [6.45, 7) is 5.81. The zero-order valence-electron chi connectivity index (χ0n) is 9.77. The second-order valence-corrected chi connectivity index (χ2v) is 3.87. The molecule has 0 saturated carbocycles. The number of carbonyl (C=O) groups is 1. The molecule has 0 aliphatic heterocycles. The monoisotopic (exact) mass is 220 g/mol. The molecule has 86 valence electrons.